The predicted molar refractivity (Wildman–Crippen MR) is 80.7 cm³/mol. The highest BCUT2D eigenvalue weighted by atomic mass is 79.9. The maximum absolute atomic E-state index is 12.1. The van der Waals surface area contributed by atoms with E-state index in [9.17, 15) is 14.7 Å². The average Bonchev–Trinajstić information content (AvgIpc) is 2.92. The fraction of sp³-hybridized carbons (Fsp3) is 0.0769. The molecule has 1 aromatic carbocycles. The minimum Gasteiger partial charge on any atom is -0.479 e. The zero-order valence-electron chi connectivity index (χ0n) is 10.2. The molecule has 2 rings (SSSR count). The van der Waals surface area contributed by atoms with E-state index in [1.165, 1.54) is 17.4 Å². The molecule has 0 aliphatic carbocycles. The smallest absolute Gasteiger partial charge is 0.331 e. The number of benzene rings is 1. The van der Waals surface area contributed by atoms with Gasteiger partial charge in [-0.15, -0.1) is 11.3 Å². The molecule has 2 aromatic rings. The highest BCUT2D eigenvalue weighted by molar-refractivity contribution is 9.10. The molecule has 1 unspecified atom stereocenters. The lowest BCUT2D eigenvalue weighted by Gasteiger charge is -2.13. The molecule has 0 bridgehead atoms. The summed E-state index contributed by atoms with van der Waals surface area (Å²) >= 11 is 4.51. The average molecular weight is 355 g/mol. The van der Waals surface area contributed by atoms with Crippen molar-refractivity contribution in [1.29, 1.82) is 0 Å². The molecule has 1 heterocycles. The molecular formula is C13H11BrN2O3S. The summed E-state index contributed by atoms with van der Waals surface area (Å²) in [7, 11) is 0. The van der Waals surface area contributed by atoms with Crippen molar-refractivity contribution in [2.75, 3.05) is 5.73 Å². The van der Waals surface area contributed by atoms with Crippen molar-refractivity contribution in [2.24, 2.45) is 0 Å². The van der Waals surface area contributed by atoms with Crippen molar-refractivity contribution in [3.05, 3.63) is 50.6 Å². The summed E-state index contributed by atoms with van der Waals surface area (Å²) in [6, 6.07) is 7.05. The van der Waals surface area contributed by atoms with E-state index >= 15 is 0 Å². The van der Waals surface area contributed by atoms with Gasteiger partial charge < -0.3 is 16.2 Å². The molecule has 7 heteroatoms. The van der Waals surface area contributed by atoms with E-state index in [0.29, 0.717) is 20.6 Å². The molecule has 0 saturated heterocycles. The molecule has 0 spiro atoms. The molecule has 0 aliphatic rings. The van der Waals surface area contributed by atoms with Crippen LogP contribution in [0.4, 0.5) is 5.69 Å². The van der Waals surface area contributed by atoms with E-state index in [0.717, 1.165) is 0 Å². The number of carbonyl (C=O) groups excluding carboxylic acids is 1. The number of hydrogen-bond donors (Lipinski definition) is 3. The Hall–Kier alpha value is -1.86. The molecule has 0 aliphatic heterocycles. The van der Waals surface area contributed by atoms with Gasteiger partial charge in [0.25, 0.3) is 5.91 Å². The lowest BCUT2D eigenvalue weighted by atomic mass is 10.1. The Labute approximate surface area is 127 Å². The first kappa shape index (κ1) is 14.5. The van der Waals surface area contributed by atoms with Gasteiger partial charge in [0.05, 0.1) is 0 Å². The van der Waals surface area contributed by atoms with Crippen LogP contribution in [0.15, 0.2) is 40.2 Å². The maximum atomic E-state index is 12.1. The lowest BCUT2D eigenvalue weighted by molar-refractivity contribution is -0.139. The van der Waals surface area contributed by atoms with Crippen LogP contribution in [0.25, 0.3) is 0 Å². The van der Waals surface area contributed by atoms with Crippen LogP contribution in [0.5, 0.6) is 0 Å². The van der Waals surface area contributed by atoms with E-state index in [-0.39, 0.29) is 0 Å². The Balaban J connectivity index is 2.20. The van der Waals surface area contributed by atoms with Gasteiger partial charge >= 0.3 is 5.97 Å². The molecule has 1 aromatic heterocycles. The Morgan fingerprint density at radius 1 is 1.35 bits per heavy atom. The van der Waals surface area contributed by atoms with Crippen LogP contribution < -0.4 is 11.1 Å². The fourth-order valence-corrected chi connectivity index (χ4v) is 2.62. The minimum atomic E-state index is -1.11. The number of aliphatic carboxylic acids is 1. The molecule has 104 valence electrons. The van der Waals surface area contributed by atoms with Crippen molar-refractivity contribution >= 4 is 44.8 Å². The summed E-state index contributed by atoms with van der Waals surface area (Å²) in [6.45, 7) is 0. The Kier molecular flexibility index (Phi) is 4.41. The zero-order chi connectivity index (χ0) is 14.7. The van der Waals surface area contributed by atoms with Gasteiger partial charge in [0.1, 0.15) is 0 Å². The number of hydrogen-bond acceptors (Lipinski definition) is 4. The van der Waals surface area contributed by atoms with Gasteiger partial charge in [-0.05, 0) is 45.6 Å². The molecule has 0 saturated carbocycles. The van der Waals surface area contributed by atoms with Gasteiger partial charge in [-0.3, -0.25) is 4.79 Å². The summed E-state index contributed by atoms with van der Waals surface area (Å²) in [5.74, 6) is -1.59. The van der Waals surface area contributed by atoms with Crippen molar-refractivity contribution in [3.63, 3.8) is 0 Å². The molecule has 1 amide bonds. The second kappa shape index (κ2) is 6.06. The highest BCUT2D eigenvalue weighted by Gasteiger charge is 2.23. The van der Waals surface area contributed by atoms with E-state index in [4.69, 9.17) is 5.73 Å². The summed E-state index contributed by atoms with van der Waals surface area (Å²) in [4.78, 5) is 23.9. The van der Waals surface area contributed by atoms with Crippen LogP contribution in [-0.2, 0) is 4.79 Å². The van der Waals surface area contributed by atoms with Gasteiger partial charge in [-0.2, -0.15) is 0 Å². The number of halogens is 1. The number of carbonyl (C=O) groups is 2. The third-order valence-electron chi connectivity index (χ3n) is 2.61. The first-order chi connectivity index (χ1) is 9.49. The number of thiophene rings is 1. The van der Waals surface area contributed by atoms with Gasteiger partial charge in [0.15, 0.2) is 6.04 Å². The molecule has 0 radical (unpaired) electrons. The number of amides is 1. The second-order valence-electron chi connectivity index (χ2n) is 4.00. The van der Waals surface area contributed by atoms with E-state index in [1.54, 1.807) is 29.6 Å². The number of nitrogens with two attached hydrogens (primary N) is 1. The highest BCUT2D eigenvalue weighted by Crippen LogP contribution is 2.22. The summed E-state index contributed by atoms with van der Waals surface area (Å²) < 4.78 is 0.682. The number of carboxylic acids is 1. The monoisotopic (exact) mass is 354 g/mol. The molecule has 5 nitrogen and oxygen atoms in total. The van der Waals surface area contributed by atoms with E-state index in [1.807, 2.05) is 0 Å². The Morgan fingerprint density at radius 3 is 2.65 bits per heavy atom. The molecular weight excluding hydrogens is 344 g/mol. The number of carboxylic acid groups (broad SMARTS) is 1. The predicted octanol–water partition coefficient (Wildman–Crippen LogP) is 2.65. The molecule has 4 N–H and O–H groups in total. The Morgan fingerprint density at radius 2 is 2.10 bits per heavy atom. The van der Waals surface area contributed by atoms with Crippen LogP contribution >= 0.6 is 27.3 Å². The Bertz CT molecular complexity index is 643. The first-order valence-electron chi connectivity index (χ1n) is 5.61. The van der Waals surface area contributed by atoms with Crippen molar-refractivity contribution in [1.82, 2.24) is 5.32 Å². The van der Waals surface area contributed by atoms with Crippen LogP contribution in [0.1, 0.15) is 21.3 Å². The quantitative estimate of drug-likeness (QED) is 0.735. The molecule has 0 fully saturated rings. The summed E-state index contributed by atoms with van der Waals surface area (Å²) in [5.41, 5.74) is 6.43. The SMILES string of the molecule is Nc1cc(C(=O)NC(C(=O)O)c2cccs2)ccc1Br. The van der Waals surface area contributed by atoms with Crippen molar-refractivity contribution in [3.8, 4) is 0 Å². The van der Waals surface area contributed by atoms with Gasteiger partial charge in [0, 0.05) is 20.6 Å². The summed E-state index contributed by atoms with van der Waals surface area (Å²) in [5, 5.41) is 13.4. The van der Waals surface area contributed by atoms with Gasteiger partial charge in [0.2, 0.25) is 0 Å². The molecule has 1 atom stereocenters. The minimum absolute atomic E-state index is 0.313. The molecule has 20 heavy (non-hydrogen) atoms. The topological polar surface area (TPSA) is 92.4 Å². The number of anilines is 1. The number of nitrogen functional groups attached to an aromatic ring is 1. The van der Waals surface area contributed by atoms with Crippen LogP contribution in [0.2, 0.25) is 0 Å². The van der Waals surface area contributed by atoms with Crippen molar-refractivity contribution < 1.29 is 14.7 Å². The van der Waals surface area contributed by atoms with E-state index < -0.39 is 17.9 Å². The fourth-order valence-electron chi connectivity index (χ4n) is 1.61. The maximum Gasteiger partial charge on any atom is 0.331 e. The third-order valence-corrected chi connectivity index (χ3v) is 4.27. The third kappa shape index (κ3) is 3.17. The number of nitrogens with one attached hydrogen (secondary N) is 1. The summed E-state index contributed by atoms with van der Waals surface area (Å²) in [6.07, 6.45) is 0. The van der Waals surface area contributed by atoms with Gasteiger partial charge in [-0.1, -0.05) is 6.07 Å². The van der Waals surface area contributed by atoms with Crippen LogP contribution in [-0.4, -0.2) is 17.0 Å². The second-order valence-corrected chi connectivity index (χ2v) is 5.83. The van der Waals surface area contributed by atoms with Crippen LogP contribution in [0, 0.1) is 0 Å². The van der Waals surface area contributed by atoms with Crippen LogP contribution in [0.3, 0.4) is 0 Å². The normalized spacial score (nSPS) is 11.8. The van der Waals surface area contributed by atoms with E-state index in [2.05, 4.69) is 21.2 Å². The standard InChI is InChI=1S/C13H11BrN2O3S/c14-8-4-3-7(6-9(8)15)12(17)16-11(13(18)19)10-2-1-5-20-10/h1-6,11H,15H2,(H,16,17)(H,18,19). The zero-order valence-corrected chi connectivity index (χ0v) is 12.6. The van der Waals surface area contributed by atoms with Crippen molar-refractivity contribution in [2.45, 2.75) is 6.04 Å². The first-order valence-corrected chi connectivity index (χ1v) is 7.28. The number of rotatable bonds is 4. The largest absolute Gasteiger partial charge is 0.479 e. The van der Waals surface area contributed by atoms with Gasteiger partial charge in [-0.25, -0.2) is 4.79 Å². The lowest BCUT2D eigenvalue weighted by Crippen LogP contribution is -2.33.